The molecule has 210 valence electrons. The molecule has 2 aromatic rings. The summed E-state index contributed by atoms with van der Waals surface area (Å²) in [5.74, 6) is 1.49. The van der Waals surface area contributed by atoms with Crippen molar-refractivity contribution in [2.45, 2.75) is 84.5 Å². The van der Waals surface area contributed by atoms with Crippen molar-refractivity contribution >= 4 is 23.3 Å². The molecule has 0 bridgehead atoms. The van der Waals surface area contributed by atoms with Crippen molar-refractivity contribution in [3.8, 4) is 11.5 Å². The van der Waals surface area contributed by atoms with Crippen LogP contribution in [0.2, 0.25) is 0 Å². The highest BCUT2D eigenvalue weighted by molar-refractivity contribution is 5.95. The number of methoxy groups -OCH3 is 1. The zero-order valence-corrected chi connectivity index (χ0v) is 24.1. The van der Waals surface area contributed by atoms with Crippen LogP contribution < -0.4 is 20.1 Å². The molecule has 8 nitrogen and oxygen atoms in total. The number of benzene rings is 2. The lowest BCUT2D eigenvalue weighted by Gasteiger charge is -2.47. The van der Waals surface area contributed by atoms with Crippen LogP contribution in [0.5, 0.6) is 11.5 Å². The fourth-order valence-corrected chi connectivity index (χ4v) is 5.92. The number of hydrogen-bond acceptors (Lipinski definition) is 5. The number of nitrogens with one attached hydrogen (secondary N) is 2. The first-order valence-corrected chi connectivity index (χ1v) is 14.1. The van der Waals surface area contributed by atoms with Gasteiger partial charge in [-0.2, -0.15) is 0 Å². The van der Waals surface area contributed by atoms with Gasteiger partial charge >= 0.3 is 6.03 Å². The number of hydrogen-bond donors (Lipinski definition) is 2. The minimum Gasteiger partial charge on any atom is -0.496 e. The van der Waals surface area contributed by atoms with Crippen LogP contribution in [0.25, 0.3) is 0 Å². The van der Waals surface area contributed by atoms with Crippen molar-refractivity contribution in [1.82, 2.24) is 9.80 Å². The summed E-state index contributed by atoms with van der Waals surface area (Å²) in [6.45, 7) is 13.1. The average Bonchev–Trinajstić information content (AvgIpc) is 2.87. The summed E-state index contributed by atoms with van der Waals surface area (Å²) >= 11 is 0. The molecule has 0 aromatic heterocycles. The van der Waals surface area contributed by atoms with Crippen LogP contribution in [0.1, 0.15) is 63.1 Å². The van der Waals surface area contributed by atoms with Gasteiger partial charge in [0.1, 0.15) is 17.6 Å². The first-order valence-electron chi connectivity index (χ1n) is 14.1. The molecule has 0 spiro atoms. The Bertz CT molecular complexity index is 1240. The van der Waals surface area contributed by atoms with Gasteiger partial charge in [-0.15, -0.1) is 0 Å². The van der Waals surface area contributed by atoms with E-state index >= 15 is 0 Å². The summed E-state index contributed by atoms with van der Waals surface area (Å²) in [6, 6.07) is 9.81. The number of likely N-dealkylation sites (tertiary alicyclic amines) is 1. The number of urea groups is 1. The zero-order valence-electron chi connectivity index (χ0n) is 24.1. The van der Waals surface area contributed by atoms with E-state index in [1.165, 1.54) is 0 Å². The maximum absolute atomic E-state index is 13.3. The zero-order chi connectivity index (χ0) is 27.9. The number of anilines is 2. The molecule has 1 aliphatic carbocycles. The second-order valence-electron chi connectivity index (χ2n) is 12.3. The lowest BCUT2D eigenvalue weighted by molar-refractivity contribution is -0.121. The summed E-state index contributed by atoms with van der Waals surface area (Å²) in [7, 11) is 1.63. The van der Waals surface area contributed by atoms with Crippen LogP contribution in [-0.4, -0.2) is 59.6 Å². The molecule has 2 aromatic carbocycles. The molecule has 2 N–H and O–H groups in total. The first kappa shape index (κ1) is 27.3. The largest absolute Gasteiger partial charge is 0.496 e. The van der Waals surface area contributed by atoms with Gasteiger partial charge in [0.2, 0.25) is 5.91 Å². The van der Waals surface area contributed by atoms with Gasteiger partial charge in [-0.1, -0.05) is 12.1 Å². The molecular formula is C31H42N4O4. The van der Waals surface area contributed by atoms with Crippen molar-refractivity contribution in [1.29, 1.82) is 0 Å². The maximum atomic E-state index is 13.3. The Morgan fingerprint density at radius 2 is 1.69 bits per heavy atom. The Morgan fingerprint density at radius 3 is 2.36 bits per heavy atom. The van der Waals surface area contributed by atoms with Crippen LogP contribution in [-0.2, 0) is 11.3 Å². The Labute approximate surface area is 232 Å². The summed E-state index contributed by atoms with van der Waals surface area (Å²) < 4.78 is 11.7. The minimum absolute atomic E-state index is 0.0338. The Hall–Kier alpha value is -3.26. The second kappa shape index (κ2) is 10.7. The van der Waals surface area contributed by atoms with Crippen LogP contribution >= 0.6 is 0 Å². The molecule has 1 saturated carbocycles. The Morgan fingerprint density at radius 1 is 1.00 bits per heavy atom. The molecule has 3 aliphatic rings. The fourth-order valence-electron chi connectivity index (χ4n) is 5.92. The lowest BCUT2D eigenvalue weighted by atomic mass is 9.84. The molecule has 2 fully saturated rings. The first-order chi connectivity index (χ1) is 18.5. The molecule has 2 aliphatic heterocycles. The van der Waals surface area contributed by atoms with Crippen molar-refractivity contribution in [2.24, 2.45) is 5.92 Å². The summed E-state index contributed by atoms with van der Waals surface area (Å²) in [5, 5.41) is 6.20. The van der Waals surface area contributed by atoms with Gasteiger partial charge in [-0.25, -0.2) is 4.79 Å². The summed E-state index contributed by atoms with van der Waals surface area (Å²) in [4.78, 5) is 30.6. The van der Waals surface area contributed by atoms with Gasteiger partial charge in [0.15, 0.2) is 0 Å². The Balaban J connectivity index is 1.19. The van der Waals surface area contributed by atoms with E-state index in [0.29, 0.717) is 6.54 Å². The number of fused-ring (bicyclic) bond motifs is 1. The highest BCUT2D eigenvalue weighted by Crippen LogP contribution is 2.39. The topological polar surface area (TPSA) is 83.1 Å². The molecule has 0 unspecified atom stereocenters. The van der Waals surface area contributed by atoms with Crippen LogP contribution in [0.3, 0.4) is 0 Å². The van der Waals surface area contributed by atoms with E-state index in [1.54, 1.807) is 7.11 Å². The van der Waals surface area contributed by atoms with E-state index in [-0.39, 0.29) is 35.5 Å². The minimum atomic E-state index is -0.0810. The van der Waals surface area contributed by atoms with E-state index in [9.17, 15) is 9.59 Å². The number of carbonyl (C=O) groups is 2. The van der Waals surface area contributed by atoms with Gasteiger partial charge in [-0.05, 0) is 83.6 Å². The Kier molecular flexibility index (Phi) is 7.51. The SMILES string of the molecule is COc1cc(NC(=O)C2CCC(N3Cc4c(C)ccc(OC5CN(C(C)(C)C)C5)c4NC3=O)CC2)ccc1C. The summed E-state index contributed by atoms with van der Waals surface area (Å²) in [6.07, 6.45) is 3.25. The van der Waals surface area contributed by atoms with E-state index in [2.05, 4.69) is 49.3 Å². The van der Waals surface area contributed by atoms with E-state index in [1.807, 2.05) is 36.1 Å². The number of rotatable bonds is 6. The van der Waals surface area contributed by atoms with Gasteiger partial charge in [-0.3, -0.25) is 9.69 Å². The molecule has 2 heterocycles. The quantitative estimate of drug-likeness (QED) is 0.495. The van der Waals surface area contributed by atoms with Gasteiger partial charge in [0.25, 0.3) is 0 Å². The number of carbonyl (C=O) groups excluding carboxylic acids is 2. The number of nitrogens with zero attached hydrogens (tertiary/aromatic N) is 2. The molecule has 39 heavy (non-hydrogen) atoms. The highest BCUT2D eigenvalue weighted by Gasteiger charge is 2.38. The predicted octanol–water partition coefficient (Wildman–Crippen LogP) is 5.72. The highest BCUT2D eigenvalue weighted by atomic mass is 16.5. The standard InChI is InChI=1S/C31H42N4O4/c1-19-8-14-26(39-24-16-34(17-24)31(3,4)5)28-25(19)18-35(30(37)33-28)23-12-9-21(10-13-23)29(36)32-22-11-7-20(2)27(15-22)38-6/h7-8,11,14-15,21,23-24H,9-10,12-13,16-18H2,1-6H3,(H,32,36)(H,33,37). The average molecular weight is 535 g/mol. The summed E-state index contributed by atoms with van der Waals surface area (Å²) in [5.41, 5.74) is 4.99. The van der Waals surface area contributed by atoms with Crippen LogP contribution in [0.4, 0.5) is 16.2 Å². The van der Waals surface area contributed by atoms with E-state index in [0.717, 1.165) is 78.3 Å². The molecule has 5 rings (SSSR count). The van der Waals surface area contributed by atoms with Gasteiger partial charge in [0.05, 0.1) is 19.3 Å². The number of ether oxygens (including phenoxy) is 2. The van der Waals surface area contributed by atoms with Crippen molar-refractivity contribution in [3.63, 3.8) is 0 Å². The molecule has 1 saturated heterocycles. The maximum Gasteiger partial charge on any atom is 0.322 e. The molecular weight excluding hydrogens is 492 g/mol. The normalized spacial score (nSPS) is 22.0. The van der Waals surface area contributed by atoms with Crippen molar-refractivity contribution in [2.75, 3.05) is 30.8 Å². The van der Waals surface area contributed by atoms with Crippen LogP contribution in [0.15, 0.2) is 30.3 Å². The molecule has 8 heteroatoms. The third kappa shape index (κ3) is 5.71. The van der Waals surface area contributed by atoms with Crippen molar-refractivity contribution < 1.29 is 19.1 Å². The number of aryl methyl sites for hydroxylation is 2. The number of amides is 3. The third-order valence-corrected chi connectivity index (χ3v) is 8.60. The molecule has 3 amide bonds. The third-order valence-electron chi connectivity index (χ3n) is 8.60. The predicted molar refractivity (Wildman–Crippen MR) is 154 cm³/mol. The van der Waals surface area contributed by atoms with E-state index in [4.69, 9.17) is 9.47 Å². The second-order valence-corrected chi connectivity index (χ2v) is 12.3. The van der Waals surface area contributed by atoms with E-state index < -0.39 is 0 Å². The monoisotopic (exact) mass is 534 g/mol. The molecule has 0 atom stereocenters. The van der Waals surface area contributed by atoms with Crippen molar-refractivity contribution in [3.05, 3.63) is 47.0 Å². The van der Waals surface area contributed by atoms with Gasteiger partial charge < -0.3 is 25.0 Å². The smallest absolute Gasteiger partial charge is 0.322 e. The van der Waals surface area contributed by atoms with Crippen LogP contribution in [0, 0.1) is 19.8 Å². The molecule has 0 radical (unpaired) electrons. The lowest BCUT2D eigenvalue weighted by Crippen LogP contribution is -2.60. The fraction of sp³-hybridized carbons (Fsp3) is 0.548. The van der Waals surface area contributed by atoms with Gasteiger partial charge in [0, 0.05) is 47.9 Å².